The van der Waals surface area contributed by atoms with Crippen molar-refractivity contribution in [2.75, 3.05) is 0 Å². The van der Waals surface area contributed by atoms with Crippen LogP contribution in [-0.4, -0.2) is 28.8 Å². The fourth-order valence-electron chi connectivity index (χ4n) is 1.81. The fourth-order valence-corrected chi connectivity index (χ4v) is 1.81. The van der Waals surface area contributed by atoms with Gasteiger partial charge in [0.05, 0.1) is 0 Å². The Balaban J connectivity index is 2.43. The fraction of sp³-hybridized carbons (Fsp3) is 0.400. The Bertz CT molecular complexity index is 470. The first kappa shape index (κ1) is 15.9. The quantitative estimate of drug-likeness (QED) is 0.712. The van der Waals surface area contributed by atoms with Crippen LogP contribution in [0.25, 0.3) is 0 Å². The number of aliphatic carboxylic acids is 1. The van der Waals surface area contributed by atoms with Crippen LogP contribution in [0.15, 0.2) is 30.3 Å². The number of carbonyl (C=O) groups excluding carboxylic acids is 2. The molecule has 0 fully saturated rings. The summed E-state index contributed by atoms with van der Waals surface area (Å²) in [5.74, 6) is -1.58. The molecule has 1 atom stereocenters. The number of carboxylic acid groups (broad SMARTS) is 1. The Morgan fingerprint density at radius 3 is 2.35 bits per heavy atom. The van der Waals surface area contributed by atoms with E-state index in [9.17, 15) is 14.4 Å². The lowest BCUT2D eigenvalue weighted by atomic mass is 10.1. The van der Waals surface area contributed by atoms with Crippen molar-refractivity contribution in [2.24, 2.45) is 0 Å². The number of benzene rings is 1. The van der Waals surface area contributed by atoms with Crippen LogP contribution in [0.1, 0.15) is 43.0 Å². The van der Waals surface area contributed by atoms with E-state index in [1.807, 2.05) is 13.0 Å². The molecule has 1 rings (SSSR count). The van der Waals surface area contributed by atoms with Gasteiger partial charge in [-0.05, 0) is 6.42 Å². The maximum Gasteiger partial charge on any atom is 0.326 e. The average Bonchev–Trinajstić information content (AvgIpc) is 2.45. The average molecular weight is 277 g/mol. The normalized spacial score (nSPS) is 11.7. The third kappa shape index (κ3) is 5.22. The second kappa shape index (κ2) is 8.09. The highest BCUT2D eigenvalue weighted by atomic mass is 16.4. The van der Waals surface area contributed by atoms with Crippen molar-refractivity contribution in [3.8, 4) is 0 Å². The highest BCUT2D eigenvalue weighted by Gasteiger charge is 2.19. The van der Waals surface area contributed by atoms with Crippen molar-refractivity contribution in [1.82, 2.24) is 5.32 Å². The summed E-state index contributed by atoms with van der Waals surface area (Å²) in [5.41, 5.74) is 0.559. The zero-order valence-electron chi connectivity index (χ0n) is 11.5. The lowest BCUT2D eigenvalue weighted by Gasteiger charge is -2.13. The molecule has 2 N–H and O–H groups in total. The van der Waals surface area contributed by atoms with E-state index in [-0.39, 0.29) is 18.6 Å². The second-order valence-corrected chi connectivity index (χ2v) is 4.54. The second-order valence-electron chi connectivity index (χ2n) is 4.54. The molecule has 0 heterocycles. The van der Waals surface area contributed by atoms with Crippen LogP contribution in [0.5, 0.6) is 0 Å². The number of ketones is 1. The number of carboxylic acids is 1. The predicted octanol–water partition coefficient (Wildman–Crippen LogP) is 2.02. The molecular formula is C15H19NO4. The van der Waals surface area contributed by atoms with Gasteiger partial charge in [0.1, 0.15) is 6.04 Å². The zero-order valence-corrected chi connectivity index (χ0v) is 11.5. The van der Waals surface area contributed by atoms with Gasteiger partial charge in [-0.2, -0.15) is 0 Å². The summed E-state index contributed by atoms with van der Waals surface area (Å²) in [6, 6.07) is 7.84. The smallest absolute Gasteiger partial charge is 0.326 e. The van der Waals surface area contributed by atoms with Gasteiger partial charge in [0.15, 0.2) is 5.78 Å². The molecule has 5 heteroatoms. The monoisotopic (exact) mass is 277 g/mol. The number of carbonyl (C=O) groups is 3. The molecule has 0 spiro atoms. The number of Topliss-reactive ketones (excluding diaryl/α,β-unsaturated/α-hetero) is 1. The molecule has 0 aliphatic heterocycles. The van der Waals surface area contributed by atoms with Gasteiger partial charge >= 0.3 is 5.97 Å². The maximum atomic E-state index is 11.8. The van der Waals surface area contributed by atoms with E-state index in [0.717, 1.165) is 0 Å². The molecule has 1 amide bonds. The largest absolute Gasteiger partial charge is 0.480 e. The Labute approximate surface area is 118 Å². The lowest BCUT2D eigenvalue weighted by Crippen LogP contribution is -2.40. The number of hydrogen-bond donors (Lipinski definition) is 2. The van der Waals surface area contributed by atoms with Gasteiger partial charge in [-0.1, -0.05) is 43.7 Å². The summed E-state index contributed by atoms with van der Waals surface area (Å²) < 4.78 is 0. The van der Waals surface area contributed by atoms with Crippen molar-refractivity contribution >= 4 is 17.7 Å². The molecule has 1 aromatic carbocycles. The Hall–Kier alpha value is -2.17. The van der Waals surface area contributed by atoms with Crippen molar-refractivity contribution in [3.05, 3.63) is 35.9 Å². The number of hydrogen-bond acceptors (Lipinski definition) is 3. The SMILES string of the molecule is CCCC(NC(=O)CCC(=O)c1ccccc1)C(=O)O. The zero-order chi connectivity index (χ0) is 15.0. The third-order valence-electron chi connectivity index (χ3n) is 2.89. The van der Waals surface area contributed by atoms with Crippen LogP contribution in [0.4, 0.5) is 0 Å². The summed E-state index contributed by atoms with van der Waals surface area (Å²) in [7, 11) is 0. The van der Waals surface area contributed by atoms with E-state index >= 15 is 0 Å². The van der Waals surface area contributed by atoms with E-state index in [2.05, 4.69) is 5.32 Å². The first-order valence-electron chi connectivity index (χ1n) is 6.65. The van der Waals surface area contributed by atoms with Gasteiger partial charge in [0.25, 0.3) is 0 Å². The molecule has 108 valence electrons. The van der Waals surface area contributed by atoms with Crippen molar-refractivity contribution in [1.29, 1.82) is 0 Å². The number of nitrogens with one attached hydrogen (secondary N) is 1. The van der Waals surface area contributed by atoms with E-state index in [1.165, 1.54) is 0 Å². The molecule has 20 heavy (non-hydrogen) atoms. The molecule has 1 aromatic rings. The minimum Gasteiger partial charge on any atom is -0.480 e. The van der Waals surface area contributed by atoms with Crippen LogP contribution in [0.3, 0.4) is 0 Å². The van der Waals surface area contributed by atoms with Crippen LogP contribution in [0, 0.1) is 0 Å². The number of rotatable bonds is 8. The molecule has 0 saturated carbocycles. The van der Waals surface area contributed by atoms with E-state index < -0.39 is 17.9 Å². The van der Waals surface area contributed by atoms with Gasteiger partial charge in [-0.25, -0.2) is 4.79 Å². The maximum absolute atomic E-state index is 11.8. The molecule has 0 aliphatic carbocycles. The van der Waals surface area contributed by atoms with Crippen LogP contribution in [0.2, 0.25) is 0 Å². The molecule has 0 saturated heterocycles. The Morgan fingerprint density at radius 1 is 1.15 bits per heavy atom. The summed E-state index contributed by atoms with van der Waals surface area (Å²) >= 11 is 0. The minimum atomic E-state index is -1.05. The van der Waals surface area contributed by atoms with E-state index in [1.54, 1.807) is 24.3 Å². The van der Waals surface area contributed by atoms with Gasteiger partial charge in [0, 0.05) is 18.4 Å². The summed E-state index contributed by atoms with van der Waals surface area (Å²) in [5, 5.41) is 11.4. The van der Waals surface area contributed by atoms with Crippen molar-refractivity contribution in [2.45, 2.75) is 38.6 Å². The van der Waals surface area contributed by atoms with Crippen LogP contribution >= 0.6 is 0 Å². The molecule has 0 radical (unpaired) electrons. The molecule has 5 nitrogen and oxygen atoms in total. The summed E-state index contributed by atoms with van der Waals surface area (Å²) in [6.45, 7) is 1.85. The van der Waals surface area contributed by atoms with Crippen LogP contribution < -0.4 is 5.32 Å². The Kier molecular flexibility index (Phi) is 6.43. The van der Waals surface area contributed by atoms with Gasteiger partial charge < -0.3 is 10.4 Å². The topological polar surface area (TPSA) is 83.5 Å². The van der Waals surface area contributed by atoms with Gasteiger partial charge in [0.2, 0.25) is 5.91 Å². The predicted molar refractivity (Wildman–Crippen MR) is 74.5 cm³/mol. The third-order valence-corrected chi connectivity index (χ3v) is 2.89. The Morgan fingerprint density at radius 2 is 1.80 bits per heavy atom. The van der Waals surface area contributed by atoms with Crippen molar-refractivity contribution in [3.63, 3.8) is 0 Å². The van der Waals surface area contributed by atoms with Gasteiger partial charge in [-0.3, -0.25) is 9.59 Å². The van der Waals surface area contributed by atoms with E-state index in [4.69, 9.17) is 5.11 Å². The lowest BCUT2D eigenvalue weighted by molar-refractivity contribution is -0.142. The molecular weight excluding hydrogens is 258 g/mol. The standard InChI is InChI=1S/C15H19NO4/c1-2-6-12(15(19)20)16-14(18)10-9-13(17)11-7-4-3-5-8-11/h3-5,7-8,12H,2,6,9-10H2,1H3,(H,16,18)(H,19,20). The first-order chi connectivity index (χ1) is 9.54. The van der Waals surface area contributed by atoms with E-state index in [0.29, 0.717) is 18.4 Å². The first-order valence-corrected chi connectivity index (χ1v) is 6.65. The highest BCUT2D eigenvalue weighted by molar-refractivity contribution is 5.98. The highest BCUT2D eigenvalue weighted by Crippen LogP contribution is 2.05. The van der Waals surface area contributed by atoms with Crippen LogP contribution in [-0.2, 0) is 9.59 Å². The molecule has 0 aromatic heterocycles. The number of amides is 1. The van der Waals surface area contributed by atoms with Gasteiger partial charge in [-0.15, -0.1) is 0 Å². The summed E-state index contributed by atoms with van der Waals surface area (Å²) in [4.78, 5) is 34.3. The molecule has 0 bridgehead atoms. The molecule has 1 unspecified atom stereocenters. The molecule has 0 aliphatic rings. The van der Waals surface area contributed by atoms with Crippen molar-refractivity contribution < 1.29 is 19.5 Å². The minimum absolute atomic E-state index is 0.00121. The summed E-state index contributed by atoms with van der Waals surface area (Å²) in [6.07, 6.45) is 1.13.